The average molecular weight is 323 g/mol. The molecular formula is C15H21N3O3S. The van der Waals surface area contributed by atoms with Gasteiger partial charge in [0, 0.05) is 30.9 Å². The number of carbonyl (C=O) groups excluding carboxylic acids is 2. The minimum Gasteiger partial charge on any atom is -0.469 e. The smallest absolute Gasteiger partial charge is 0.305 e. The summed E-state index contributed by atoms with van der Waals surface area (Å²) in [7, 11) is 1.41. The summed E-state index contributed by atoms with van der Waals surface area (Å²) in [6, 6.07) is 0.545. The van der Waals surface area contributed by atoms with Crippen molar-refractivity contribution in [3.8, 4) is 0 Å². The molecule has 1 saturated heterocycles. The Kier molecular flexibility index (Phi) is 4.61. The molecule has 1 aliphatic heterocycles. The Hall–Kier alpha value is -1.63. The summed E-state index contributed by atoms with van der Waals surface area (Å²) < 4.78 is 4.70. The normalized spacial score (nSPS) is 19.0. The lowest BCUT2D eigenvalue weighted by atomic mass is 9.93. The first-order chi connectivity index (χ1) is 10.7. The van der Waals surface area contributed by atoms with Gasteiger partial charge in [-0.2, -0.15) is 0 Å². The highest BCUT2D eigenvalue weighted by Gasteiger charge is 2.27. The number of amides is 1. The molecule has 1 aliphatic carbocycles. The van der Waals surface area contributed by atoms with Crippen LogP contribution in [-0.2, 0) is 9.53 Å². The SMILES string of the molecule is COC(=O)CC1CCN(C(=O)c2csc(NC3CC3)n2)CC1. The number of methoxy groups -OCH3 is 1. The van der Waals surface area contributed by atoms with Crippen LogP contribution in [-0.4, -0.2) is 48.0 Å². The van der Waals surface area contributed by atoms with Gasteiger partial charge in [-0.25, -0.2) is 4.98 Å². The predicted octanol–water partition coefficient (Wildman–Crippen LogP) is 2.13. The minimum atomic E-state index is -0.167. The number of piperidine rings is 1. The van der Waals surface area contributed by atoms with Gasteiger partial charge in [0.25, 0.3) is 5.91 Å². The van der Waals surface area contributed by atoms with Crippen molar-refractivity contribution >= 4 is 28.3 Å². The van der Waals surface area contributed by atoms with Gasteiger partial charge in [0.05, 0.1) is 7.11 Å². The minimum absolute atomic E-state index is 0.00313. The van der Waals surface area contributed by atoms with E-state index in [1.165, 1.54) is 31.3 Å². The third-order valence-corrected chi connectivity index (χ3v) is 4.99. The molecule has 0 unspecified atom stereocenters. The Bertz CT molecular complexity index is 548. The number of anilines is 1. The zero-order valence-electron chi connectivity index (χ0n) is 12.7. The topological polar surface area (TPSA) is 71.5 Å². The summed E-state index contributed by atoms with van der Waals surface area (Å²) in [4.78, 5) is 30.0. The summed E-state index contributed by atoms with van der Waals surface area (Å²) in [6.45, 7) is 1.37. The van der Waals surface area contributed by atoms with Crippen LogP contribution in [0.5, 0.6) is 0 Å². The summed E-state index contributed by atoms with van der Waals surface area (Å²) in [5.74, 6) is 0.149. The van der Waals surface area contributed by atoms with Crippen LogP contribution in [0, 0.1) is 5.92 Å². The average Bonchev–Trinajstić information content (AvgIpc) is 3.22. The van der Waals surface area contributed by atoms with Gasteiger partial charge in [0.1, 0.15) is 5.69 Å². The molecule has 1 amide bonds. The van der Waals surface area contributed by atoms with Crippen molar-refractivity contribution in [1.29, 1.82) is 0 Å². The van der Waals surface area contributed by atoms with E-state index in [4.69, 9.17) is 4.74 Å². The number of ether oxygens (including phenoxy) is 1. The quantitative estimate of drug-likeness (QED) is 0.841. The molecule has 2 heterocycles. The second-order valence-corrected chi connectivity index (χ2v) is 6.83. The lowest BCUT2D eigenvalue weighted by Gasteiger charge is -2.31. The van der Waals surface area contributed by atoms with E-state index in [2.05, 4.69) is 10.3 Å². The lowest BCUT2D eigenvalue weighted by Crippen LogP contribution is -2.39. The number of esters is 1. The van der Waals surface area contributed by atoms with Crippen molar-refractivity contribution in [2.24, 2.45) is 5.92 Å². The number of nitrogens with zero attached hydrogens (tertiary/aromatic N) is 2. The van der Waals surface area contributed by atoms with E-state index in [9.17, 15) is 9.59 Å². The van der Waals surface area contributed by atoms with Crippen molar-refractivity contribution in [3.63, 3.8) is 0 Å². The summed E-state index contributed by atoms with van der Waals surface area (Å²) >= 11 is 1.49. The Labute approximate surface area is 133 Å². The molecule has 0 radical (unpaired) electrons. The molecule has 0 spiro atoms. The van der Waals surface area contributed by atoms with Gasteiger partial charge in [0.15, 0.2) is 5.13 Å². The van der Waals surface area contributed by atoms with Gasteiger partial charge in [0.2, 0.25) is 0 Å². The molecule has 1 aromatic heterocycles. The molecule has 0 aromatic carbocycles. The third-order valence-electron chi connectivity index (χ3n) is 4.21. The fourth-order valence-electron chi connectivity index (χ4n) is 2.66. The van der Waals surface area contributed by atoms with Crippen molar-refractivity contribution in [3.05, 3.63) is 11.1 Å². The maximum Gasteiger partial charge on any atom is 0.305 e. The van der Waals surface area contributed by atoms with Crippen molar-refractivity contribution in [1.82, 2.24) is 9.88 Å². The molecule has 2 aliphatic rings. The zero-order chi connectivity index (χ0) is 15.5. The number of carbonyl (C=O) groups is 2. The van der Waals surface area contributed by atoms with Gasteiger partial charge in [-0.05, 0) is 31.6 Å². The van der Waals surface area contributed by atoms with Gasteiger partial charge in [-0.3, -0.25) is 9.59 Å². The fraction of sp³-hybridized carbons (Fsp3) is 0.667. The second kappa shape index (κ2) is 6.64. The van der Waals surface area contributed by atoms with Crippen LogP contribution >= 0.6 is 11.3 Å². The summed E-state index contributed by atoms with van der Waals surface area (Å²) in [5, 5.41) is 5.98. The number of hydrogen-bond donors (Lipinski definition) is 1. The molecule has 120 valence electrons. The van der Waals surface area contributed by atoms with Crippen LogP contribution in [0.3, 0.4) is 0 Å². The first-order valence-corrected chi connectivity index (χ1v) is 8.62. The Balaban J connectivity index is 1.50. The Morgan fingerprint density at radius 3 is 2.73 bits per heavy atom. The van der Waals surface area contributed by atoms with Crippen LogP contribution in [0.15, 0.2) is 5.38 Å². The van der Waals surface area contributed by atoms with E-state index in [1.807, 2.05) is 10.3 Å². The molecule has 22 heavy (non-hydrogen) atoms. The van der Waals surface area contributed by atoms with Crippen LogP contribution in [0.1, 0.15) is 42.6 Å². The van der Waals surface area contributed by atoms with Gasteiger partial charge in [-0.15, -0.1) is 11.3 Å². The van der Waals surface area contributed by atoms with Crippen LogP contribution in [0.25, 0.3) is 0 Å². The first-order valence-electron chi connectivity index (χ1n) is 7.74. The number of thiazole rings is 1. The monoisotopic (exact) mass is 323 g/mol. The van der Waals surface area contributed by atoms with E-state index in [1.54, 1.807) is 0 Å². The van der Waals surface area contributed by atoms with E-state index in [-0.39, 0.29) is 11.9 Å². The molecule has 3 rings (SSSR count). The van der Waals surface area contributed by atoms with E-state index in [0.29, 0.717) is 37.2 Å². The highest BCUT2D eigenvalue weighted by molar-refractivity contribution is 7.13. The molecule has 7 heteroatoms. The molecular weight excluding hydrogens is 302 g/mol. The van der Waals surface area contributed by atoms with Crippen LogP contribution in [0.4, 0.5) is 5.13 Å². The molecule has 2 fully saturated rings. The maximum atomic E-state index is 12.5. The largest absolute Gasteiger partial charge is 0.469 e. The van der Waals surface area contributed by atoms with Crippen LogP contribution in [0.2, 0.25) is 0 Å². The van der Waals surface area contributed by atoms with E-state index < -0.39 is 0 Å². The highest BCUT2D eigenvalue weighted by Crippen LogP contribution is 2.27. The van der Waals surface area contributed by atoms with Gasteiger partial charge in [-0.1, -0.05) is 0 Å². The number of aromatic nitrogens is 1. The number of hydrogen-bond acceptors (Lipinski definition) is 6. The first kappa shape index (κ1) is 15.3. The predicted molar refractivity (Wildman–Crippen MR) is 84.0 cm³/mol. The van der Waals surface area contributed by atoms with Gasteiger partial charge < -0.3 is 15.0 Å². The number of likely N-dealkylation sites (tertiary alicyclic amines) is 1. The highest BCUT2D eigenvalue weighted by atomic mass is 32.1. The molecule has 6 nitrogen and oxygen atoms in total. The number of nitrogens with one attached hydrogen (secondary N) is 1. The second-order valence-electron chi connectivity index (χ2n) is 5.97. The molecule has 1 N–H and O–H groups in total. The Morgan fingerprint density at radius 2 is 2.09 bits per heavy atom. The third kappa shape index (κ3) is 3.76. The maximum absolute atomic E-state index is 12.5. The van der Waals surface area contributed by atoms with Crippen molar-refractivity contribution < 1.29 is 14.3 Å². The van der Waals surface area contributed by atoms with Crippen molar-refractivity contribution in [2.45, 2.75) is 38.1 Å². The molecule has 1 saturated carbocycles. The van der Waals surface area contributed by atoms with Crippen LogP contribution < -0.4 is 5.32 Å². The summed E-state index contributed by atoms with van der Waals surface area (Å²) in [5.41, 5.74) is 0.527. The lowest BCUT2D eigenvalue weighted by molar-refractivity contribution is -0.142. The van der Waals surface area contributed by atoms with E-state index in [0.717, 1.165) is 18.0 Å². The van der Waals surface area contributed by atoms with E-state index >= 15 is 0 Å². The van der Waals surface area contributed by atoms with Gasteiger partial charge >= 0.3 is 5.97 Å². The summed E-state index contributed by atoms with van der Waals surface area (Å²) in [6.07, 6.45) is 4.52. The fourth-order valence-corrected chi connectivity index (χ4v) is 3.42. The zero-order valence-corrected chi connectivity index (χ0v) is 13.5. The number of rotatable bonds is 5. The van der Waals surface area contributed by atoms with Crippen molar-refractivity contribution in [2.75, 3.05) is 25.5 Å². The molecule has 0 atom stereocenters. The standard InChI is InChI=1S/C15H21N3O3S/c1-21-13(19)8-10-4-6-18(7-5-10)14(20)12-9-22-15(17-12)16-11-2-3-11/h9-11H,2-8H2,1H3,(H,16,17). The Morgan fingerprint density at radius 1 is 1.36 bits per heavy atom. The molecule has 0 bridgehead atoms. The molecule has 1 aromatic rings.